The quantitative estimate of drug-likeness (QED) is 0.381. The van der Waals surface area contributed by atoms with E-state index < -0.39 is 10.0 Å². The highest BCUT2D eigenvalue weighted by atomic mass is 35.5. The summed E-state index contributed by atoms with van der Waals surface area (Å²) in [5, 5.41) is 1.95. The predicted molar refractivity (Wildman–Crippen MR) is 159 cm³/mol. The van der Waals surface area contributed by atoms with Crippen LogP contribution in [-0.4, -0.2) is 67.0 Å². The van der Waals surface area contributed by atoms with Crippen molar-refractivity contribution in [1.29, 1.82) is 0 Å². The van der Waals surface area contributed by atoms with E-state index >= 15 is 0 Å². The molecule has 7 nitrogen and oxygen atoms in total. The molecule has 0 saturated carbocycles. The zero-order valence-corrected chi connectivity index (χ0v) is 25.8. The molecule has 3 rings (SSSR count). The Balaban J connectivity index is 0.000000264. The lowest BCUT2D eigenvalue weighted by molar-refractivity contribution is 0.166. The number of nitrogens with zero attached hydrogens (tertiary/aromatic N) is 3. The largest absolute Gasteiger partial charge is 0.396 e. The molecule has 1 aliphatic heterocycles. The molecule has 0 unspecified atom stereocenters. The first-order chi connectivity index (χ1) is 17.1. The van der Waals surface area contributed by atoms with Crippen LogP contribution in [0.3, 0.4) is 0 Å². The van der Waals surface area contributed by atoms with Crippen molar-refractivity contribution in [2.45, 2.75) is 52.9 Å². The number of hydrogen-bond acceptors (Lipinski definition) is 6. The molecule has 37 heavy (non-hydrogen) atoms. The Bertz CT molecular complexity index is 1120. The predicted octanol–water partition coefficient (Wildman–Crippen LogP) is 5.85. The topological polar surface area (TPSA) is 95.9 Å². The van der Waals surface area contributed by atoms with Crippen LogP contribution in [0.15, 0.2) is 24.3 Å². The molecule has 208 valence electrons. The van der Waals surface area contributed by atoms with E-state index in [1.54, 1.807) is 12.1 Å². The van der Waals surface area contributed by atoms with Crippen LogP contribution < -0.4 is 11.5 Å². The van der Waals surface area contributed by atoms with Gasteiger partial charge in [0.1, 0.15) is 0 Å². The summed E-state index contributed by atoms with van der Waals surface area (Å²) in [5.74, 6) is 0. The van der Waals surface area contributed by atoms with Crippen molar-refractivity contribution in [3.8, 4) is 0 Å². The second-order valence-electron chi connectivity index (χ2n) is 9.74. The summed E-state index contributed by atoms with van der Waals surface area (Å²) in [5.41, 5.74) is 14.3. The van der Waals surface area contributed by atoms with Gasteiger partial charge in [-0.25, -0.2) is 8.42 Å². The van der Waals surface area contributed by atoms with E-state index in [4.69, 9.17) is 57.9 Å². The lowest BCUT2D eigenvalue weighted by Gasteiger charge is -2.33. The maximum absolute atomic E-state index is 11.4. The average molecular weight is 613 g/mol. The van der Waals surface area contributed by atoms with Crippen molar-refractivity contribution in [2.24, 2.45) is 0 Å². The van der Waals surface area contributed by atoms with Gasteiger partial charge in [-0.1, -0.05) is 46.4 Å². The first kappa shape index (κ1) is 32.2. The number of piperazine rings is 1. The van der Waals surface area contributed by atoms with Crippen LogP contribution in [0.4, 0.5) is 11.4 Å². The van der Waals surface area contributed by atoms with E-state index in [0.29, 0.717) is 76.3 Å². The maximum Gasteiger partial charge on any atom is 0.211 e. The van der Waals surface area contributed by atoms with Gasteiger partial charge in [-0.05, 0) is 63.1 Å². The first-order valence-electron chi connectivity index (χ1n) is 12.0. The monoisotopic (exact) mass is 611 g/mol. The van der Waals surface area contributed by atoms with Crippen molar-refractivity contribution in [2.75, 3.05) is 43.9 Å². The number of nitrogen functional groups attached to an aromatic ring is 2. The summed E-state index contributed by atoms with van der Waals surface area (Å²) in [7, 11) is -3.09. The summed E-state index contributed by atoms with van der Waals surface area (Å²) in [4.78, 5) is 4.54. The standard InChI is InChI=1S/C13H20Cl2N2.C12H17Cl2N3O2S/c1-8(2)17(9(3)4)7-10-5-11(14)13(16)12(15)6-10;1-20(18,19)17-4-2-16(3-5-17)8-9-6-10(13)12(15)11(14)7-9/h5-6,8-9H,7,16H2,1-4H3;6-7H,2-5,8,15H2,1H3. The number of nitrogens with two attached hydrogens (primary N) is 2. The van der Waals surface area contributed by atoms with Gasteiger partial charge in [-0.15, -0.1) is 0 Å². The minimum atomic E-state index is -3.09. The van der Waals surface area contributed by atoms with Crippen molar-refractivity contribution < 1.29 is 8.42 Å². The molecule has 12 heteroatoms. The minimum Gasteiger partial charge on any atom is -0.396 e. The summed E-state index contributed by atoms with van der Waals surface area (Å²) in [6.45, 7) is 12.6. The van der Waals surface area contributed by atoms with Gasteiger partial charge in [0, 0.05) is 51.4 Å². The summed E-state index contributed by atoms with van der Waals surface area (Å²) in [6.07, 6.45) is 1.24. The van der Waals surface area contributed by atoms with Crippen LogP contribution in [0.1, 0.15) is 38.8 Å². The summed E-state index contributed by atoms with van der Waals surface area (Å²) in [6, 6.07) is 8.33. The summed E-state index contributed by atoms with van der Waals surface area (Å²) >= 11 is 24.1. The number of anilines is 2. The van der Waals surface area contributed by atoms with E-state index in [-0.39, 0.29) is 0 Å². The Kier molecular flexibility index (Phi) is 12.1. The lowest BCUT2D eigenvalue weighted by Crippen LogP contribution is -2.47. The molecule has 0 aromatic heterocycles. The number of rotatable bonds is 7. The normalized spacial score (nSPS) is 15.4. The molecular weight excluding hydrogens is 576 g/mol. The molecule has 0 spiro atoms. The molecule has 4 N–H and O–H groups in total. The Morgan fingerprint density at radius 1 is 0.784 bits per heavy atom. The Morgan fingerprint density at radius 3 is 1.51 bits per heavy atom. The number of benzene rings is 2. The van der Waals surface area contributed by atoms with Gasteiger partial charge >= 0.3 is 0 Å². The van der Waals surface area contributed by atoms with Crippen molar-refractivity contribution in [1.82, 2.24) is 14.1 Å². The van der Waals surface area contributed by atoms with Gasteiger partial charge in [-0.3, -0.25) is 9.80 Å². The zero-order valence-electron chi connectivity index (χ0n) is 21.9. The van der Waals surface area contributed by atoms with Gasteiger partial charge in [0.15, 0.2) is 0 Å². The van der Waals surface area contributed by atoms with Crippen LogP contribution in [0.25, 0.3) is 0 Å². The highest BCUT2D eigenvalue weighted by Crippen LogP contribution is 2.30. The number of hydrogen-bond donors (Lipinski definition) is 2. The van der Waals surface area contributed by atoms with Crippen LogP contribution in [0.2, 0.25) is 20.1 Å². The number of sulfonamides is 1. The van der Waals surface area contributed by atoms with Gasteiger partial charge < -0.3 is 11.5 Å². The molecule has 1 saturated heterocycles. The van der Waals surface area contributed by atoms with Crippen molar-refractivity contribution in [3.05, 3.63) is 55.5 Å². The third-order valence-corrected chi connectivity index (χ3v) is 8.73. The van der Waals surface area contributed by atoms with Crippen LogP contribution in [0, 0.1) is 0 Å². The minimum absolute atomic E-state index is 0.388. The van der Waals surface area contributed by atoms with Crippen molar-refractivity contribution >= 4 is 67.8 Å². The highest BCUT2D eigenvalue weighted by Gasteiger charge is 2.23. The summed E-state index contributed by atoms with van der Waals surface area (Å²) < 4.78 is 24.4. The second kappa shape index (κ2) is 13.9. The zero-order chi connectivity index (χ0) is 28.1. The van der Waals surface area contributed by atoms with Crippen molar-refractivity contribution in [3.63, 3.8) is 0 Å². The number of halogens is 4. The van der Waals surface area contributed by atoms with Crippen LogP contribution >= 0.6 is 46.4 Å². The SMILES string of the molecule is CC(C)N(Cc1cc(Cl)c(N)c(Cl)c1)C(C)C.CS(=O)(=O)N1CCN(Cc2cc(Cl)c(N)c(Cl)c2)CC1. The van der Waals surface area contributed by atoms with Gasteiger partial charge in [0.25, 0.3) is 0 Å². The molecule has 1 fully saturated rings. The molecule has 1 aliphatic rings. The maximum atomic E-state index is 11.4. The molecule has 0 amide bonds. The van der Waals surface area contributed by atoms with Gasteiger partial charge in [0.2, 0.25) is 10.0 Å². The smallest absolute Gasteiger partial charge is 0.211 e. The third-order valence-electron chi connectivity index (χ3n) is 6.18. The molecule has 0 aliphatic carbocycles. The lowest BCUT2D eigenvalue weighted by atomic mass is 10.1. The van der Waals surface area contributed by atoms with E-state index in [0.717, 1.165) is 17.7 Å². The molecule has 2 aromatic rings. The molecule has 0 radical (unpaired) electrons. The molecule has 0 atom stereocenters. The van der Waals surface area contributed by atoms with E-state index in [1.165, 1.54) is 10.6 Å². The van der Waals surface area contributed by atoms with E-state index in [2.05, 4.69) is 37.5 Å². The third kappa shape index (κ3) is 9.62. The van der Waals surface area contributed by atoms with Gasteiger partial charge in [0.05, 0.1) is 37.7 Å². The van der Waals surface area contributed by atoms with Gasteiger partial charge in [-0.2, -0.15) is 4.31 Å². The molecule has 1 heterocycles. The van der Waals surface area contributed by atoms with Crippen LogP contribution in [-0.2, 0) is 23.1 Å². The Labute approximate surface area is 241 Å². The fourth-order valence-corrected chi connectivity index (χ4v) is 6.00. The van der Waals surface area contributed by atoms with E-state index in [1.807, 2.05) is 12.1 Å². The fourth-order valence-electron chi connectivity index (χ4n) is 4.11. The first-order valence-corrected chi connectivity index (χ1v) is 15.4. The molecular formula is C25H37Cl4N5O2S. The average Bonchev–Trinajstić information content (AvgIpc) is 2.79. The second-order valence-corrected chi connectivity index (χ2v) is 13.4. The van der Waals surface area contributed by atoms with E-state index in [9.17, 15) is 8.42 Å². The molecule has 2 aromatic carbocycles. The Morgan fingerprint density at radius 2 is 1.16 bits per heavy atom. The Hall–Kier alpha value is -0.970. The molecule has 0 bridgehead atoms. The van der Waals surface area contributed by atoms with Crippen LogP contribution in [0.5, 0.6) is 0 Å². The highest BCUT2D eigenvalue weighted by molar-refractivity contribution is 7.88. The fraction of sp³-hybridized carbons (Fsp3) is 0.520.